The summed E-state index contributed by atoms with van der Waals surface area (Å²) in [6.45, 7) is 4.84. The number of amides is 1. The van der Waals surface area contributed by atoms with Gasteiger partial charge in [0.15, 0.2) is 5.82 Å². The molecule has 8 heteroatoms. The fourth-order valence-electron chi connectivity index (χ4n) is 2.96. The van der Waals surface area contributed by atoms with E-state index >= 15 is 0 Å². The summed E-state index contributed by atoms with van der Waals surface area (Å²) in [5, 5.41) is 3.00. The molecule has 160 valence electrons. The lowest BCUT2D eigenvalue weighted by Crippen LogP contribution is -2.35. The van der Waals surface area contributed by atoms with Gasteiger partial charge in [-0.15, -0.1) is 0 Å². The molecule has 0 aliphatic heterocycles. The molecule has 0 spiro atoms. The van der Waals surface area contributed by atoms with E-state index in [1.165, 1.54) is 6.20 Å². The highest BCUT2D eigenvalue weighted by molar-refractivity contribution is 5.95. The second-order valence-electron chi connectivity index (χ2n) is 6.67. The molecule has 0 aliphatic rings. The number of hydrogen-bond donors (Lipinski definition) is 1. The number of benzene rings is 1. The molecule has 0 unspecified atom stereocenters. The SMILES string of the molecule is CCOC(=O)c1cnc(-c2ccccc2)nc1NCC(=O)N(CC)Cc1cccnc1. The Balaban J connectivity index is 1.79. The minimum atomic E-state index is -0.542. The van der Waals surface area contributed by atoms with Gasteiger partial charge in [0.25, 0.3) is 0 Å². The third-order valence-corrected chi connectivity index (χ3v) is 4.55. The number of ether oxygens (including phenoxy) is 1. The normalized spacial score (nSPS) is 10.4. The maximum atomic E-state index is 12.8. The highest BCUT2D eigenvalue weighted by atomic mass is 16.5. The maximum absolute atomic E-state index is 12.8. The van der Waals surface area contributed by atoms with Crippen molar-refractivity contribution >= 4 is 17.7 Å². The van der Waals surface area contributed by atoms with E-state index in [0.29, 0.717) is 18.9 Å². The molecule has 0 aliphatic carbocycles. The van der Waals surface area contributed by atoms with Crippen molar-refractivity contribution in [1.82, 2.24) is 19.9 Å². The minimum Gasteiger partial charge on any atom is -0.462 e. The van der Waals surface area contributed by atoms with Crippen LogP contribution in [0.3, 0.4) is 0 Å². The predicted molar refractivity (Wildman–Crippen MR) is 117 cm³/mol. The summed E-state index contributed by atoms with van der Waals surface area (Å²) in [5.74, 6) is 0.0465. The minimum absolute atomic E-state index is 0.0221. The lowest BCUT2D eigenvalue weighted by atomic mass is 10.2. The molecule has 8 nitrogen and oxygen atoms in total. The molecular weight excluding hydrogens is 394 g/mol. The molecule has 1 N–H and O–H groups in total. The van der Waals surface area contributed by atoms with Gasteiger partial charge in [0, 0.05) is 37.2 Å². The summed E-state index contributed by atoms with van der Waals surface area (Å²) in [4.78, 5) is 39.7. The van der Waals surface area contributed by atoms with Gasteiger partial charge in [0.1, 0.15) is 11.4 Å². The zero-order valence-corrected chi connectivity index (χ0v) is 17.6. The average Bonchev–Trinajstić information content (AvgIpc) is 2.82. The molecule has 0 radical (unpaired) electrons. The van der Waals surface area contributed by atoms with Crippen molar-refractivity contribution < 1.29 is 14.3 Å². The first kappa shape index (κ1) is 21.9. The first-order chi connectivity index (χ1) is 15.1. The quantitative estimate of drug-likeness (QED) is 0.532. The number of carbonyl (C=O) groups is 2. The molecule has 1 aromatic carbocycles. The topological polar surface area (TPSA) is 97.3 Å². The second-order valence-corrected chi connectivity index (χ2v) is 6.67. The number of aromatic nitrogens is 3. The van der Waals surface area contributed by atoms with E-state index in [4.69, 9.17) is 4.74 Å². The molecule has 3 aromatic rings. The molecule has 31 heavy (non-hydrogen) atoms. The molecule has 0 saturated heterocycles. The van der Waals surface area contributed by atoms with Gasteiger partial charge in [-0.2, -0.15) is 0 Å². The first-order valence-corrected chi connectivity index (χ1v) is 10.1. The van der Waals surface area contributed by atoms with Crippen LogP contribution in [0.15, 0.2) is 61.1 Å². The van der Waals surface area contributed by atoms with Gasteiger partial charge in [-0.05, 0) is 25.5 Å². The summed E-state index contributed by atoms with van der Waals surface area (Å²) >= 11 is 0. The van der Waals surface area contributed by atoms with Crippen molar-refractivity contribution in [2.24, 2.45) is 0 Å². The van der Waals surface area contributed by atoms with E-state index in [2.05, 4.69) is 20.3 Å². The number of nitrogens with zero attached hydrogens (tertiary/aromatic N) is 4. The smallest absolute Gasteiger partial charge is 0.343 e. The zero-order chi connectivity index (χ0) is 22.1. The summed E-state index contributed by atoms with van der Waals surface area (Å²) in [6, 6.07) is 13.2. The highest BCUT2D eigenvalue weighted by Crippen LogP contribution is 2.20. The summed E-state index contributed by atoms with van der Waals surface area (Å²) in [7, 11) is 0. The molecule has 0 saturated carbocycles. The van der Waals surface area contributed by atoms with Crippen LogP contribution in [0, 0.1) is 0 Å². The van der Waals surface area contributed by atoms with Crippen molar-refractivity contribution in [2.75, 3.05) is 25.0 Å². The van der Waals surface area contributed by atoms with Gasteiger partial charge in [-0.25, -0.2) is 14.8 Å². The van der Waals surface area contributed by atoms with E-state index in [1.54, 1.807) is 24.2 Å². The van der Waals surface area contributed by atoms with Crippen LogP contribution < -0.4 is 5.32 Å². The van der Waals surface area contributed by atoms with E-state index in [-0.39, 0.29) is 30.4 Å². The lowest BCUT2D eigenvalue weighted by molar-refractivity contribution is -0.129. The van der Waals surface area contributed by atoms with E-state index in [9.17, 15) is 9.59 Å². The number of pyridine rings is 1. The fraction of sp³-hybridized carbons (Fsp3) is 0.261. The van der Waals surface area contributed by atoms with Crippen molar-refractivity contribution in [3.63, 3.8) is 0 Å². The summed E-state index contributed by atoms with van der Waals surface area (Å²) < 4.78 is 5.11. The molecule has 0 fully saturated rings. The van der Waals surface area contributed by atoms with Crippen LogP contribution in [-0.2, 0) is 16.1 Å². The Kier molecular flexibility index (Phi) is 7.64. The zero-order valence-electron chi connectivity index (χ0n) is 17.6. The third-order valence-electron chi connectivity index (χ3n) is 4.55. The van der Waals surface area contributed by atoms with E-state index < -0.39 is 5.97 Å². The number of hydrogen-bond acceptors (Lipinski definition) is 7. The second kappa shape index (κ2) is 10.8. The van der Waals surface area contributed by atoms with E-state index in [0.717, 1.165) is 11.1 Å². The van der Waals surface area contributed by atoms with Crippen molar-refractivity contribution in [3.8, 4) is 11.4 Å². The molecule has 0 atom stereocenters. The van der Waals surface area contributed by atoms with Gasteiger partial charge in [-0.1, -0.05) is 36.4 Å². The Morgan fingerprint density at radius 3 is 2.55 bits per heavy atom. The standard InChI is InChI=1S/C23H25N5O3/c1-3-28(16-17-9-8-12-24-13-17)20(29)15-26-22-19(23(30)31-4-2)14-25-21(27-22)18-10-6-5-7-11-18/h5-14H,3-4,15-16H2,1-2H3,(H,25,26,27). The number of carbonyl (C=O) groups excluding carboxylic acids is 2. The molecule has 2 heterocycles. The first-order valence-electron chi connectivity index (χ1n) is 10.1. The van der Waals surface area contributed by atoms with Crippen LogP contribution in [0.2, 0.25) is 0 Å². The van der Waals surface area contributed by atoms with Gasteiger partial charge in [-0.3, -0.25) is 9.78 Å². The summed E-state index contributed by atoms with van der Waals surface area (Å²) in [6.07, 6.45) is 4.85. The van der Waals surface area contributed by atoms with Crippen molar-refractivity contribution in [3.05, 3.63) is 72.2 Å². The molecule has 3 rings (SSSR count). The monoisotopic (exact) mass is 419 g/mol. The number of nitrogens with one attached hydrogen (secondary N) is 1. The predicted octanol–water partition coefficient (Wildman–Crippen LogP) is 3.18. The number of likely N-dealkylation sites (N-methyl/N-ethyl adjacent to an activating group) is 1. The Morgan fingerprint density at radius 2 is 1.87 bits per heavy atom. The highest BCUT2D eigenvalue weighted by Gasteiger charge is 2.19. The molecule has 2 aromatic heterocycles. The third kappa shape index (κ3) is 5.85. The van der Waals surface area contributed by atoms with Crippen LogP contribution in [0.5, 0.6) is 0 Å². The molecule has 1 amide bonds. The maximum Gasteiger partial charge on any atom is 0.343 e. The van der Waals surface area contributed by atoms with Crippen molar-refractivity contribution in [1.29, 1.82) is 0 Å². The van der Waals surface area contributed by atoms with Crippen LogP contribution in [0.1, 0.15) is 29.8 Å². The van der Waals surface area contributed by atoms with Crippen LogP contribution in [0.4, 0.5) is 5.82 Å². The number of rotatable bonds is 9. The van der Waals surface area contributed by atoms with Gasteiger partial charge >= 0.3 is 5.97 Å². The van der Waals surface area contributed by atoms with Gasteiger partial charge in [0.05, 0.1) is 13.2 Å². The number of esters is 1. The van der Waals surface area contributed by atoms with Gasteiger partial charge in [0.2, 0.25) is 5.91 Å². The Hall–Kier alpha value is -3.81. The van der Waals surface area contributed by atoms with Crippen LogP contribution in [0.25, 0.3) is 11.4 Å². The van der Waals surface area contributed by atoms with Crippen LogP contribution in [-0.4, -0.2) is 51.4 Å². The Labute approximate surface area is 181 Å². The molecule has 0 bridgehead atoms. The van der Waals surface area contributed by atoms with Gasteiger partial charge < -0.3 is 15.0 Å². The van der Waals surface area contributed by atoms with Crippen molar-refractivity contribution in [2.45, 2.75) is 20.4 Å². The lowest BCUT2D eigenvalue weighted by Gasteiger charge is -2.21. The number of anilines is 1. The average molecular weight is 419 g/mol. The molecular formula is C23H25N5O3. The fourth-order valence-corrected chi connectivity index (χ4v) is 2.96. The Bertz CT molecular complexity index is 1010. The Morgan fingerprint density at radius 1 is 1.06 bits per heavy atom. The van der Waals surface area contributed by atoms with E-state index in [1.807, 2.05) is 49.4 Å². The van der Waals surface area contributed by atoms with Crippen LogP contribution >= 0.6 is 0 Å². The summed E-state index contributed by atoms with van der Waals surface area (Å²) in [5.41, 5.74) is 1.93. The largest absolute Gasteiger partial charge is 0.462 e.